The minimum Gasteiger partial charge on any atom is -0.465 e. The molecule has 0 unspecified atom stereocenters. The molecule has 0 saturated carbocycles. The van der Waals surface area contributed by atoms with Crippen LogP contribution in [-0.4, -0.2) is 37.7 Å². The molecule has 0 aromatic carbocycles. The van der Waals surface area contributed by atoms with Gasteiger partial charge in [0.15, 0.2) is 5.41 Å². The van der Waals surface area contributed by atoms with Crippen LogP contribution in [0.15, 0.2) is 18.4 Å². The van der Waals surface area contributed by atoms with Crippen LogP contribution in [0.2, 0.25) is 0 Å². The van der Waals surface area contributed by atoms with Crippen molar-refractivity contribution in [3.05, 3.63) is 18.4 Å². The minimum atomic E-state index is -1.66. The molecular weight excluding hydrogens is 300 g/mol. The van der Waals surface area contributed by atoms with Gasteiger partial charge in [-0.15, -0.1) is 5.73 Å². The van der Waals surface area contributed by atoms with Crippen molar-refractivity contribution in [2.75, 3.05) is 19.8 Å². The summed E-state index contributed by atoms with van der Waals surface area (Å²) in [7, 11) is 0. The summed E-state index contributed by atoms with van der Waals surface area (Å²) in [6.07, 6.45) is 1.16. The lowest BCUT2D eigenvalue weighted by atomic mass is 9.81. The van der Waals surface area contributed by atoms with Crippen molar-refractivity contribution in [2.45, 2.75) is 33.6 Å². The zero-order chi connectivity index (χ0) is 17.7. The van der Waals surface area contributed by atoms with Crippen LogP contribution in [0.5, 0.6) is 0 Å². The maximum absolute atomic E-state index is 12.3. The van der Waals surface area contributed by atoms with Crippen LogP contribution in [-0.2, 0) is 28.6 Å². The number of esters is 3. The molecule has 23 heavy (non-hydrogen) atoms. The second kappa shape index (κ2) is 11.1. The quantitative estimate of drug-likeness (QED) is 0.169. The molecule has 0 amide bonds. The molecule has 126 valence electrons. The van der Waals surface area contributed by atoms with Gasteiger partial charge in [0.2, 0.25) is 0 Å². The molecule has 0 bridgehead atoms. The number of allylic oxidation sites excluding steroid dienone is 1. The van der Waals surface area contributed by atoms with Crippen LogP contribution >= 0.6 is 0 Å². The molecular formula is C17H22O6. The Bertz CT molecular complexity index is 513. The highest BCUT2D eigenvalue weighted by atomic mass is 16.6. The first kappa shape index (κ1) is 20.5. The molecule has 0 aliphatic carbocycles. The molecule has 0 aliphatic heterocycles. The summed E-state index contributed by atoms with van der Waals surface area (Å²) in [5.74, 6) is 2.49. The van der Waals surface area contributed by atoms with E-state index in [1.807, 2.05) is 0 Å². The predicted molar refractivity (Wildman–Crippen MR) is 83.1 cm³/mol. The van der Waals surface area contributed by atoms with Gasteiger partial charge in [0.25, 0.3) is 0 Å². The summed E-state index contributed by atoms with van der Waals surface area (Å²) in [4.78, 5) is 35.9. The fraction of sp³-hybridized carbons (Fsp3) is 0.529. The molecule has 0 aromatic rings. The molecule has 0 fully saturated rings. The Kier molecular flexibility index (Phi) is 9.90. The van der Waals surface area contributed by atoms with E-state index in [0.29, 0.717) is 0 Å². The fourth-order valence-corrected chi connectivity index (χ4v) is 1.69. The SMILES string of the molecule is C=C=CCC(CC#CC(=O)OCC)(C(=O)OCC)C(=O)OCC. The maximum atomic E-state index is 12.3. The van der Waals surface area contributed by atoms with E-state index in [1.54, 1.807) is 20.8 Å². The van der Waals surface area contributed by atoms with Crippen LogP contribution in [0.1, 0.15) is 33.6 Å². The van der Waals surface area contributed by atoms with Crippen LogP contribution in [0.25, 0.3) is 0 Å². The lowest BCUT2D eigenvalue weighted by molar-refractivity contribution is -0.171. The molecule has 0 heterocycles. The number of hydrogen-bond donors (Lipinski definition) is 0. The summed E-state index contributed by atoms with van der Waals surface area (Å²) < 4.78 is 14.6. The number of rotatable bonds is 8. The van der Waals surface area contributed by atoms with Crippen molar-refractivity contribution in [1.82, 2.24) is 0 Å². The molecule has 0 rings (SSSR count). The largest absolute Gasteiger partial charge is 0.465 e. The normalized spacial score (nSPS) is 9.70. The van der Waals surface area contributed by atoms with Crippen molar-refractivity contribution in [1.29, 1.82) is 0 Å². The van der Waals surface area contributed by atoms with Crippen molar-refractivity contribution in [2.24, 2.45) is 5.41 Å². The maximum Gasteiger partial charge on any atom is 0.384 e. The monoisotopic (exact) mass is 322 g/mol. The second-order valence-electron chi connectivity index (χ2n) is 4.33. The summed E-state index contributed by atoms with van der Waals surface area (Å²) in [6, 6.07) is 0. The van der Waals surface area contributed by atoms with Crippen molar-refractivity contribution in [3.8, 4) is 11.8 Å². The number of carbonyl (C=O) groups excluding carboxylic acids is 3. The highest BCUT2D eigenvalue weighted by Gasteiger charge is 2.47. The van der Waals surface area contributed by atoms with Crippen molar-refractivity contribution in [3.63, 3.8) is 0 Å². The van der Waals surface area contributed by atoms with E-state index in [-0.39, 0.29) is 32.7 Å². The van der Waals surface area contributed by atoms with Gasteiger partial charge in [-0.1, -0.05) is 12.5 Å². The van der Waals surface area contributed by atoms with Gasteiger partial charge in [-0.3, -0.25) is 9.59 Å². The van der Waals surface area contributed by atoms with Gasteiger partial charge in [-0.05, 0) is 26.8 Å². The first-order valence-electron chi connectivity index (χ1n) is 7.32. The highest BCUT2D eigenvalue weighted by Crippen LogP contribution is 2.31. The standard InChI is InChI=1S/C17H22O6/c1-5-9-12-17(15(19)22-7-3,16(20)23-8-4)13-10-11-14(18)21-6-2/h9H,1,6-8,12-13H2,2-4H3. The van der Waals surface area contributed by atoms with Gasteiger partial charge in [-0.2, -0.15) is 0 Å². The lowest BCUT2D eigenvalue weighted by Crippen LogP contribution is -2.41. The molecule has 0 spiro atoms. The molecule has 0 radical (unpaired) electrons. The van der Waals surface area contributed by atoms with Gasteiger partial charge in [-0.25, -0.2) is 4.79 Å². The van der Waals surface area contributed by atoms with E-state index in [1.165, 1.54) is 6.08 Å². The molecule has 6 nitrogen and oxygen atoms in total. The van der Waals surface area contributed by atoms with Crippen molar-refractivity contribution >= 4 is 17.9 Å². The van der Waals surface area contributed by atoms with Gasteiger partial charge in [0.05, 0.1) is 19.8 Å². The Morgan fingerprint density at radius 3 is 1.96 bits per heavy atom. The first-order chi connectivity index (χ1) is 11.0. The average Bonchev–Trinajstić information content (AvgIpc) is 2.51. The molecule has 6 heteroatoms. The summed E-state index contributed by atoms with van der Waals surface area (Å²) in [5, 5.41) is 0. The average molecular weight is 322 g/mol. The van der Waals surface area contributed by atoms with Crippen LogP contribution in [0, 0.1) is 17.3 Å². The summed E-state index contributed by atoms with van der Waals surface area (Å²) >= 11 is 0. The Hall–Kier alpha value is -2.51. The smallest absolute Gasteiger partial charge is 0.384 e. The third-order valence-corrected chi connectivity index (χ3v) is 2.78. The van der Waals surface area contributed by atoms with Gasteiger partial charge >= 0.3 is 17.9 Å². The Labute approximate surface area is 136 Å². The summed E-state index contributed by atoms with van der Waals surface area (Å²) in [5.41, 5.74) is 0.849. The Balaban J connectivity index is 5.59. The van der Waals surface area contributed by atoms with Gasteiger partial charge in [0.1, 0.15) is 0 Å². The second-order valence-corrected chi connectivity index (χ2v) is 4.33. The first-order valence-corrected chi connectivity index (χ1v) is 7.32. The zero-order valence-electron chi connectivity index (χ0n) is 13.8. The van der Waals surface area contributed by atoms with E-state index in [0.717, 1.165) is 0 Å². The topological polar surface area (TPSA) is 78.9 Å². The van der Waals surface area contributed by atoms with Crippen LogP contribution in [0.4, 0.5) is 0 Å². The highest BCUT2D eigenvalue weighted by molar-refractivity contribution is 6.01. The third-order valence-electron chi connectivity index (χ3n) is 2.78. The minimum absolute atomic E-state index is 0.0360. The molecule has 0 aliphatic rings. The van der Waals surface area contributed by atoms with Gasteiger partial charge in [0, 0.05) is 18.8 Å². The molecule has 0 aromatic heterocycles. The number of carbonyl (C=O) groups is 3. The van der Waals surface area contributed by atoms with Crippen LogP contribution < -0.4 is 0 Å². The molecule has 0 N–H and O–H groups in total. The van der Waals surface area contributed by atoms with E-state index >= 15 is 0 Å². The predicted octanol–water partition coefficient (Wildman–Crippen LogP) is 1.79. The Morgan fingerprint density at radius 2 is 1.52 bits per heavy atom. The third kappa shape index (κ3) is 6.41. The molecule has 0 atom stereocenters. The number of ether oxygens (including phenoxy) is 3. The van der Waals surface area contributed by atoms with E-state index < -0.39 is 23.3 Å². The van der Waals surface area contributed by atoms with Crippen LogP contribution in [0.3, 0.4) is 0 Å². The van der Waals surface area contributed by atoms with E-state index in [4.69, 9.17) is 9.47 Å². The lowest BCUT2D eigenvalue weighted by Gasteiger charge is -2.25. The Morgan fingerprint density at radius 1 is 1.00 bits per heavy atom. The van der Waals surface area contributed by atoms with Crippen molar-refractivity contribution < 1.29 is 28.6 Å². The van der Waals surface area contributed by atoms with E-state index in [2.05, 4.69) is 28.9 Å². The zero-order valence-corrected chi connectivity index (χ0v) is 13.8. The van der Waals surface area contributed by atoms with E-state index in [9.17, 15) is 14.4 Å². The molecule has 0 saturated heterocycles. The number of hydrogen-bond acceptors (Lipinski definition) is 6. The fourth-order valence-electron chi connectivity index (χ4n) is 1.69. The van der Waals surface area contributed by atoms with Gasteiger partial charge < -0.3 is 14.2 Å². The summed E-state index contributed by atoms with van der Waals surface area (Å²) in [6.45, 7) is 8.70.